The summed E-state index contributed by atoms with van der Waals surface area (Å²) < 4.78 is 25.2. The van der Waals surface area contributed by atoms with E-state index >= 15 is 0 Å². The summed E-state index contributed by atoms with van der Waals surface area (Å²) in [6.45, 7) is -0.673. The van der Waals surface area contributed by atoms with E-state index in [4.69, 9.17) is 9.47 Å². The van der Waals surface area contributed by atoms with Crippen LogP contribution in [0.4, 0.5) is 9.18 Å². The van der Waals surface area contributed by atoms with Crippen LogP contribution in [0.5, 0.6) is 17.2 Å². The Kier molecular flexibility index (Phi) is 5.89. The number of methoxy groups -OCH3 is 1. The fourth-order valence-corrected chi connectivity index (χ4v) is 3.45. The lowest BCUT2D eigenvalue weighted by Gasteiger charge is -2.13. The number of pyridine rings is 1. The highest BCUT2D eigenvalue weighted by Crippen LogP contribution is 2.34. The van der Waals surface area contributed by atoms with Gasteiger partial charge in [-0.2, -0.15) is 0 Å². The number of fused-ring (bicyclic) bond motifs is 2. The number of aromatic nitrogens is 2. The lowest BCUT2D eigenvalue weighted by molar-refractivity contribution is 0.0960. The Morgan fingerprint density at radius 1 is 1.12 bits per heavy atom. The summed E-state index contributed by atoms with van der Waals surface area (Å²) in [6, 6.07) is 11.7. The van der Waals surface area contributed by atoms with Crippen molar-refractivity contribution < 1.29 is 23.5 Å². The summed E-state index contributed by atoms with van der Waals surface area (Å²) in [5.74, 6) is 1.19. The maximum absolute atomic E-state index is 12.3. The summed E-state index contributed by atoms with van der Waals surface area (Å²) in [4.78, 5) is 28.8. The maximum Gasteiger partial charge on any atom is 0.326 e. The van der Waals surface area contributed by atoms with Gasteiger partial charge in [-0.25, -0.2) is 9.18 Å². The smallest absolute Gasteiger partial charge is 0.326 e. The van der Waals surface area contributed by atoms with Gasteiger partial charge >= 0.3 is 6.03 Å². The van der Waals surface area contributed by atoms with Gasteiger partial charge in [0.2, 0.25) is 0 Å². The molecule has 2 aromatic heterocycles. The molecular weight excluding hydrogens is 415 g/mol. The molecule has 2 N–H and O–H groups in total. The van der Waals surface area contributed by atoms with Crippen molar-refractivity contribution in [3.05, 3.63) is 60.4 Å². The van der Waals surface area contributed by atoms with E-state index in [0.717, 1.165) is 5.39 Å². The zero-order valence-corrected chi connectivity index (χ0v) is 17.5. The van der Waals surface area contributed by atoms with Crippen molar-refractivity contribution >= 4 is 33.7 Å². The van der Waals surface area contributed by atoms with Gasteiger partial charge in [-0.3, -0.25) is 14.3 Å². The van der Waals surface area contributed by atoms with Gasteiger partial charge in [0.25, 0.3) is 5.91 Å². The quantitative estimate of drug-likeness (QED) is 0.478. The Bertz CT molecular complexity index is 1320. The second kappa shape index (κ2) is 8.93. The van der Waals surface area contributed by atoms with Crippen LogP contribution in [0.15, 0.2) is 54.9 Å². The molecule has 0 saturated heterocycles. The number of carbonyl (C=O) groups excluding carboxylic acids is 2. The zero-order chi connectivity index (χ0) is 22.7. The predicted octanol–water partition coefficient (Wildman–Crippen LogP) is 3.88. The first-order valence-electron chi connectivity index (χ1n) is 9.87. The first-order valence-corrected chi connectivity index (χ1v) is 9.87. The topological polar surface area (TPSA) is 94.5 Å². The van der Waals surface area contributed by atoms with Crippen LogP contribution < -0.4 is 20.1 Å². The minimum atomic E-state index is -0.629. The molecule has 9 heteroatoms. The highest BCUT2D eigenvalue weighted by molar-refractivity contribution is 6.02. The molecule has 0 aliphatic heterocycles. The second-order valence-corrected chi connectivity index (χ2v) is 6.89. The van der Waals surface area contributed by atoms with E-state index in [-0.39, 0.29) is 12.5 Å². The van der Waals surface area contributed by atoms with Crippen LogP contribution in [-0.2, 0) is 0 Å². The highest BCUT2D eigenvalue weighted by Gasteiger charge is 2.16. The van der Waals surface area contributed by atoms with Gasteiger partial charge in [0.15, 0.2) is 0 Å². The van der Waals surface area contributed by atoms with Crippen LogP contribution in [-0.4, -0.2) is 48.9 Å². The summed E-state index contributed by atoms with van der Waals surface area (Å²) >= 11 is 0. The molecule has 8 nitrogen and oxygen atoms in total. The first kappa shape index (κ1) is 21.1. The molecule has 164 valence electrons. The van der Waals surface area contributed by atoms with Crippen molar-refractivity contribution in [2.24, 2.45) is 0 Å². The van der Waals surface area contributed by atoms with Crippen LogP contribution in [0.2, 0.25) is 0 Å². The van der Waals surface area contributed by atoms with E-state index in [1.165, 1.54) is 11.7 Å². The Morgan fingerprint density at radius 2 is 1.97 bits per heavy atom. The van der Waals surface area contributed by atoms with Gasteiger partial charge in [0.1, 0.15) is 23.9 Å². The number of benzene rings is 2. The monoisotopic (exact) mass is 436 g/mol. The molecule has 2 amide bonds. The maximum atomic E-state index is 12.3. The van der Waals surface area contributed by atoms with E-state index in [2.05, 4.69) is 15.6 Å². The van der Waals surface area contributed by atoms with E-state index in [0.29, 0.717) is 39.2 Å². The molecule has 0 aliphatic rings. The molecule has 32 heavy (non-hydrogen) atoms. The number of nitrogens with one attached hydrogen (secondary N) is 2. The van der Waals surface area contributed by atoms with E-state index in [1.807, 2.05) is 0 Å². The minimum Gasteiger partial charge on any atom is -0.496 e. The molecule has 0 aliphatic carbocycles. The Labute approximate surface area is 182 Å². The third kappa shape index (κ3) is 3.92. The molecule has 0 spiro atoms. The first-order chi connectivity index (χ1) is 15.5. The Morgan fingerprint density at radius 3 is 2.72 bits per heavy atom. The number of hydrogen-bond acceptors (Lipinski definition) is 5. The average Bonchev–Trinajstić information content (AvgIpc) is 3.24. The molecule has 2 heterocycles. The van der Waals surface area contributed by atoms with Gasteiger partial charge < -0.3 is 20.1 Å². The number of carbonyl (C=O) groups is 2. The second-order valence-electron chi connectivity index (χ2n) is 6.89. The number of hydrogen-bond donors (Lipinski definition) is 2. The van der Waals surface area contributed by atoms with Crippen molar-refractivity contribution in [2.75, 3.05) is 27.4 Å². The number of nitrogens with zero attached hydrogens (tertiary/aromatic N) is 2. The van der Waals surface area contributed by atoms with Crippen molar-refractivity contribution in [2.45, 2.75) is 0 Å². The lowest BCUT2D eigenvalue weighted by atomic mass is 10.1. The van der Waals surface area contributed by atoms with E-state index < -0.39 is 12.7 Å². The lowest BCUT2D eigenvalue weighted by Crippen LogP contribution is -2.29. The zero-order valence-electron chi connectivity index (χ0n) is 17.5. The number of halogens is 1. The third-order valence-corrected chi connectivity index (χ3v) is 4.97. The number of alkyl halides is 1. The van der Waals surface area contributed by atoms with Gasteiger partial charge in [0.05, 0.1) is 23.7 Å². The normalized spacial score (nSPS) is 10.8. The van der Waals surface area contributed by atoms with Crippen LogP contribution in [0.1, 0.15) is 10.4 Å². The predicted molar refractivity (Wildman–Crippen MR) is 118 cm³/mol. The molecule has 0 unspecified atom stereocenters. The van der Waals surface area contributed by atoms with Crippen molar-refractivity contribution in [3.8, 4) is 17.2 Å². The highest BCUT2D eigenvalue weighted by atomic mass is 19.1. The fraction of sp³-hybridized carbons (Fsp3) is 0.174. The average molecular weight is 436 g/mol. The van der Waals surface area contributed by atoms with E-state index in [9.17, 15) is 14.0 Å². The van der Waals surface area contributed by atoms with Crippen molar-refractivity contribution in [3.63, 3.8) is 0 Å². The van der Waals surface area contributed by atoms with Crippen LogP contribution >= 0.6 is 0 Å². The van der Waals surface area contributed by atoms with Gasteiger partial charge in [-0.1, -0.05) is 0 Å². The van der Waals surface area contributed by atoms with E-state index in [1.54, 1.807) is 61.9 Å². The summed E-state index contributed by atoms with van der Waals surface area (Å²) in [6.07, 6.45) is 3.23. The van der Waals surface area contributed by atoms with Crippen molar-refractivity contribution in [1.29, 1.82) is 0 Å². The minimum absolute atomic E-state index is 0.0440. The van der Waals surface area contributed by atoms with Gasteiger partial charge in [-0.05, 0) is 36.4 Å². The van der Waals surface area contributed by atoms with Crippen molar-refractivity contribution in [1.82, 2.24) is 20.2 Å². The molecule has 0 bridgehead atoms. The number of ether oxygens (including phenoxy) is 2. The molecule has 0 saturated carbocycles. The van der Waals surface area contributed by atoms with Crippen LogP contribution in [0, 0.1) is 0 Å². The summed E-state index contributed by atoms with van der Waals surface area (Å²) in [7, 11) is 3.04. The van der Waals surface area contributed by atoms with Gasteiger partial charge in [0, 0.05) is 42.8 Å². The molecular formula is C23H21FN4O4. The number of rotatable bonds is 6. The molecule has 0 fully saturated rings. The Hall–Kier alpha value is -4.14. The third-order valence-electron chi connectivity index (χ3n) is 4.97. The molecule has 0 atom stereocenters. The molecule has 4 aromatic rings. The molecule has 2 aromatic carbocycles. The van der Waals surface area contributed by atoms with Crippen LogP contribution in [0.25, 0.3) is 21.8 Å². The Balaban J connectivity index is 1.70. The fourth-order valence-electron chi connectivity index (χ4n) is 3.45. The summed E-state index contributed by atoms with van der Waals surface area (Å²) in [5, 5.41) is 6.53. The largest absolute Gasteiger partial charge is 0.496 e. The number of amides is 2. The summed E-state index contributed by atoms with van der Waals surface area (Å²) in [5.41, 5.74) is 1.65. The van der Waals surface area contributed by atoms with Crippen LogP contribution in [0.3, 0.4) is 0 Å². The van der Waals surface area contributed by atoms with Gasteiger partial charge in [-0.15, -0.1) is 0 Å². The SMILES string of the molecule is CNC(=O)c1cc2c(Oc3ccc4c(ccn4C(=O)NCCF)c3)ccnc2cc1OC. The molecule has 0 radical (unpaired) electrons. The standard InChI is InChI=1S/C23H21FN4O4/c1-25-22(29)17-12-16-18(13-21(17)31-2)26-8-5-20(16)32-15-3-4-19-14(11-15)6-10-28(19)23(30)27-9-7-24/h3-6,8,10-13H,7,9H2,1-2H3,(H,25,29)(H,27,30). The molecule has 4 rings (SSSR count).